The number of nitrogens with two attached hydrogens (primary N) is 1. The Balaban J connectivity index is 2.41. The van der Waals surface area contributed by atoms with Crippen LogP contribution in [-0.4, -0.2) is 36.0 Å². The molecule has 3 amide bonds. The summed E-state index contributed by atoms with van der Waals surface area (Å²) in [7, 11) is 0. The number of rotatable bonds is 2. The molecule has 0 radical (unpaired) electrons. The van der Waals surface area contributed by atoms with Crippen LogP contribution in [0.3, 0.4) is 0 Å². The van der Waals surface area contributed by atoms with Crippen molar-refractivity contribution >= 4 is 11.9 Å². The molecule has 1 fully saturated rings. The van der Waals surface area contributed by atoms with Gasteiger partial charge in [-0.15, -0.1) is 0 Å². The monoisotopic (exact) mass is 227 g/mol. The third kappa shape index (κ3) is 3.48. The Morgan fingerprint density at radius 2 is 1.75 bits per heavy atom. The predicted molar refractivity (Wildman–Crippen MR) is 61.8 cm³/mol. The largest absolute Gasteiger partial charge is 0.324 e. The zero-order valence-corrected chi connectivity index (χ0v) is 10.0. The Morgan fingerprint density at radius 3 is 2.25 bits per heavy atom. The van der Waals surface area contributed by atoms with Crippen molar-refractivity contribution in [2.75, 3.05) is 13.1 Å². The van der Waals surface area contributed by atoms with Gasteiger partial charge in [0.1, 0.15) is 0 Å². The van der Waals surface area contributed by atoms with E-state index >= 15 is 0 Å². The molecule has 0 spiro atoms. The SMILES string of the molecule is CC(C)[C@H](N)C(=O)NC(=O)N1CCCCC1. The minimum Gasteiger partial charge on any atom is -0.324 e. The number of imide groups is 1. The lowest BCUT2D eigenvalue weighted by molar-refractivity contribution is -0.122. The number of hydrogen-bond acceptors (Lipinski definition) is 3. The average Bonchev–Trinajstić information content (AvgIpc) is 2.28. The molecule has 1 aliphatic rings. The highest BCUT2D eigenvalue weighted by molar-refractivity contribution is 5.97. The number of carbonyl (C=O) groups is 2. The summed E-state index contributed by atoms with van der Waals surface area (Å²) in [5.74, 6) is -0.347. The van der Waals surface area contributed by atoms with Gasteiger partial charge >= 0.3 is 6.03 Å². The van der Waals surface area contributed by atoms with E-state index in [9.17, 15) is 9.59 Å². The number of piperidine rings is 1. The van der Waals surface area contributed by atoms with Crippen molar-refractivity contribution in [3.8, 4) is 0 Å². The highest BCUT2D eigenvalue weighted by Crippen LogP contribution is 2.08. The number of amides is 3. The number of nitrogens with zero attached hydrogens (tertiary/aromatic N) is 1. The van der Waals surface area contributed by atoms with Crippen LogP contribution in [0.5, 0.6) is 0 Å². The quantitative estimate of drug-likeness (QED) is 0.729. The van der Waals surface area contributed by atoms with E-state index in [1.807, 2.05) is 13.8 Å². The number of urea groups is 1. The maximum Gasteiger partial charge on any atom is 0.324 e. The van der Waals surface area contributed by atoms with Crippen molar-refractivity contribution < 1.29 is 9.59 Å². The molecule has 1 heterocycles. The molecule has 0 aromatic carbocycles. The molecular weight excluding hydrogens is 206 g/mol. The topological polar surface area (TPSA) is 75.4 Å². The lowest BCUT2D eigenvalue weighted by atomic mass is 10.1. The van der Waals surface area contributed by atoms with Crippen molar-refractivity contribution in [2.45, 2.75) is 39.2 Å². The first kappa shape index (κ1) is 13.0. The van der Waals surface area contributed by atoms with Gasteiger partial charge in [-0.2, -0.15) is 0 Å². The number of carbonyl (C=O) groups excluding carboxylic acids is 2. The Kier molecular flexibility index (Phi) is 4.73. The van der Waals surface area contributed by atoms with Crippen LogP contribution < -0.4 is 11.1 Å². The van der Waals surface area contributed by atoms with Gasteiger partial charge < -0.3 is 10.6 Å². The number of hydrogen-bond donors (Lipinski definition) is 2. The van der Waals surface area contributed by atoms with E-state index < -0.39 is 6.04 Å². The third-order valence-electron chi connectivity index (χ3n) is 2.89. The van der Waals surface area contributed by atoms with Gasteiger partial charge in [-0.05, 0) is 25.2 Å². The van der Waals surface area contributed by atoms with Gasteiger partial charge in [0, 0.05) is 13.1 Å². The van der Waals surface area contributed by atoms with Crippen LogP contribution in [0.15, 0.2) is 0 Å². The summed E-state index contributed by atoms with van der Waals surface area (Å²) in [5, 5.41) is 2.35. The van der Waals surface area contributed by atoms with E-state index in [1.165, 1.54) is 0 Å². The van der Waals surface area contributed by atoms with Crippen molar-refractivity contribution in [3.05, 3.63) is 0 Å². The van der Waals surface area contributed by atoms with Crippen molar-refractivity contribution in [1.29, 1.82) is 0 Å². The lowest BCUT2D eigenvalue weighted by Crippen LogP contribution is -2.51. The van der Waals surface area contributed by atoms with Gasteiger partial charge in [0.15, 0.2) is 0 Å². The molecule has 0 unspecified atom stereocenters. The molecule has 1 aliphatic heterocycles. The van der Waals surface area contributed by atoms with Crippen LogP contribution in [0.25, 0.3) is 0 Å². The van der Waals surface area contributed by atoms with Crippen molar-refractivity contribution in [1.82, 2.24) is 10.2 Å². The molecule has 16 heavy (non-hydrogen) atoms. The molecule has 5 nitrogen and oxygen atoms in total. The average molecular weight is 227 g/mol. The van der Waals surface area contributed by atoms with E-state index in [0.29, 0.717) is 0 Å². The summed E-state index contributed by atoms with van der Waals surface area (Å²) in [6.07, 6.45) is 3.18. The van der Waals surface area contributed by atoms with Crippen molar-refractivity contribution in [3.63, 3.8) is 0 Å². The second-order valence-electron chi connectivity index (χ2n) is 4.61. The number of likely N-dealkylation sites (tertiary alicyclic amines) is 1. The Hall–Kier alpha value is -1.10. The maximum atomic E-state index is 11.7. The maximum absolute atomic E-state index is 11.7. The molecule has 1 rings (SSSR count). The summed E-state index contributed by atoms with van der Waals surface area (Å²) in [6, 6.07) is -0.922. The minimum absolute atomic E-state index is 0.0363. The fraction of sp³-hybridized carbons (Fsp3) is 0.818. The van der Waals surface area contributed by atoms with Crippen LogP contribution in [0.2, 0.25) is 0 Å². The van der Waals surface area contributed by atoms with Gasteiger partial charge in [0.2, 0.25) is 5.91 Å². The third-order valence-corrected chi connectivity index (χ3v) is 2.89. The van der Waals surface area contributed by atoms with Gasteiger partial charge in [0.05, 0.1) is 6.04 Å². The van der Waals surface area contributed by atoms with Gasteiger partial charge in [0.25, 0.3) is 0 Å². The first-order chi connectivity index (χ1) is 7.52. The van der Waals surface area contributed by atoms with E-state index in [1.54, 1.807) is 4.90 Å². The molecule has 0 aromatic heterocycles. The van der Waals surface area contributed by atoms with Crippen LogP contribution >= 0.6 is 0 Å². The smallest absolute Gasteiger partial charge is 0.324 e. The normalized spacial score (nSPS) is 18.4. The Bertz CT molecular complexity index is 260. The molecular formula is C11H21N3O2. The van der Waals surface area contributed by atoms with E-state index in [4.69, 9.17) is 5.73 Å². The molecule has 5 heteroatoms. The lowest BCUT2D eigenvalue weighted by Gasteiger charge is -2.27. The standard InChI is InChI=1S/C11H21N3O2/c1-8(2)9(12)10(15)13-11(16)14-6-4-3-5-7-14/h8-9H,3-7,12H2,1-2H3,(H,13,15,16)/t9-/m0/s1. The van der Waals surface area contributed by atoms with E-state index in [-0.39, 0.29) is 17.9 Å². The first-order valence-corrected chi connectivity index (χ1v) is 5.87. The zero-order chi connectivity index (χ0) is 12.1. The molecule has 0 saturated carbocycles. The summed E-state index contributed by atoms with van der Waals surface area (Å²) in [5.41, 5.74) is 5.66. The van der Waals surface area contributed by atoms with Crippen molar-refractivity contribution in [2.24, 2.45) is 11.7 Å². The summed E-state index contributed by atoms with van der Waals surface area (Å²) >= 11 is 0. The van der Waals surface area contributed by atoms with Crippen LogP contribution in [0.1, 0.15) is 33.1 Å². The predicted octanol–water partition coefficient (Wildman–Crippen LogP) is 0.692. The summed E-state index contributed by atoms with van der Waals surface area (Å²) in [4.78, 5) is 24.9. The second-order valence-corrected chi connectivity index (χ2v) is 4.61. The molecule has 1 atom stereocenters. The Morgan fingerprint density at radius 1 is 1.19 bits per heavy atom. The van der Waals surface area contributed by atoms with E-state index in [0.717, 1.165) is 32.4 Å². The highest BCUT2D eigenvalue weighted by atomic mass is 16.2. The van der Waals surface area contributed by atoms with Crippen LogP contribution in [-0.2, 0) is 4.79 Å². The van der Waals surface area contributed by atoms with Crippen LogP contribution in [0.4, 0.5) is 4.79 Å². The molecule has 92 valence electrons. The molecule has 1 saturated heterocycles. The van der Waals surface area contributed by atoms with Gasteiger partial charge in [-0.1, -0.05) is 13.8 Å². The zero-order valence-electron chi connectivity index (χ0n) is 10.0. The number of nitrogens with one attached hydrogen (secondary N) is 1. The van der Waals surface area contributed by atoms with E-state index in [2.05, 4.69) is 5.32 Å². The molecule has 0 aliphatic carbocycles. The molecule has 0 bridgehead atoms. The Labute approximate surface area is 96.4 Å². The van der Waals surface area contributed by atoms with Crippen LogP contribution in [0, 0.1) is 5.92 Å². The summed E-state index contributed by atoms with van der Waals surface area (Å²) in [6.45, 7) is 5.18. The molecule has 3 N–H and O–H groups in total. The minimum atomic E-state index is -0.617. The second kappa shape index (κ2) is 5.84. The highest BCUT2D eigenvalue weighted by Gasteiger charge is 2.23. The summed E-state index contributed by atoms with van der Waals surface area (Å²) < 4.78 is 0. The first-order valence-electron chi connectivity index (χ1n) is 5.87. The fourth-order valence-corrected chi connectivity index (χ4v) is 1.67. The van der Waals surface area contributed by atoms with Gasteiger partial charge in [-0.3, -0.25) is 10.1 Å². The fourth-order valence-electron chi connectivity index (χ4n) is 1.67. The van der Waals surface area contributed by atoms with Gasteiger partial charge in [-0.25, -0.2) is 4.79 Å². The molecule has 0 aromatic rings.